The van der Waals surface area contributed by atoms with Crippen molar-refractivity contribution in [2.45, 2.75) is 33.3 Å². The predicted octanol–water partition coefficient (Wildman–Crippen LogP) is 5.62. The van der Waals surface area contributed by atoms with E-state index >= 15 is 0 Å². The fourth-order valence-electron chi connectivity index (χ4n) is 3.16. The molecule has 0 aliphatic heterocycles. The number of halogens is 1. The molecule has 0 radical (unpaired) electrons. The van der Waals surface area contributed by atoms with Gasteiger partial charge in [0.05, 0.1) is 5.69 Å². The number of carboxylic acid groups (broad SMARTS) is 1. The molecule has 28 heavy (non-hydrogen) atoms. The summed E-state index contributed by atoms with van der Waals surface area (Å²) in [6, 6.07) is 17.4. The SMILES string of the molecule is Cc1cc(Cl)cc(C)c1-c1cccc(OCc2ccc(CCC(=O)O)cc2)n1. The van der Waals surface area contributed by atoms with Crippen LogP contribution in [0.5, 0.6) is 5.88 Å². The number of carboxylic acids is 1. The zero-order chi connectivity index (χ0) is 20.1. The molecule has 0 unspecified atom stereocenters. The van der Waals surface area contributed by atoms with Crippen molar-refractivity contribution in [1.82, 2.24) is 4.98 Å². The monoisotopic (exact) mass is 395 g/mol. The molecular formula is C23H22ClNO3. The number of carbonyl (C=O) groups is 1. The van der Waals surface area contributed by atoms with E-state index in [1.54, 1.807) is 0 Å². The number of hydrogen-bond acceptors (Lipinski definition) is 3. The zero-order valence-corrected chi connectivity index (χ0v) is 16.7. The van der Waals surface area contributed by atoms with Crippen molar-refractivity contribution < 1.29 is 14.6 Å². The summed E-state index contributed by atoms with van der Waals surface area (Å²) < 4.78 is 5.86. The highest BCUT2D eigenvalue weighted by molar-refractivity contribution is 6.30. The molecule has 2 aromatic carbocycles. The topological polar surface area (TPSA) is 59.4 Å². The molecular weight excluding hydrogens is 374 g/mol. The standard InChI is InChI=1S/C23H22ClNO3/c1-15-12-19(24)13-16(2)23(15)20-4-3-5-21(25-20)28-14-18-8-6-17(7-9-18)10-11-22(26)27/h3-9,12-13H,10-11,14H2,1-2H3,(H,26,27). The van der Waals surface area contributed by atoms with Crippen molar-refractivity contribution in [2.24, 2.45) is 0 Å². The Kier molecular flexibility index (Phi) is 6.32. The van der Waals surface area contributed by atoms with E-state index in [0.717, 1.165) is 38.5 Å². The molecule has 1 heterocycles. The molecule has 5 heteroatoms. The van der Waals surface area contributed by atoms with Crippen LogP contribution in [0.4, 0.5) is 0 Å². The van der Waals surface area contributed by atoms with Crippen LogP contribution in [0.2, 0.25) is 5.02 Å². The van der Waals surface area contributed by atoms with Crippen LogP contribution in [0.3, 0.4) is 0 Å². The van der Waals surface area contributed by atoms with Crippen molar-refractivity contribution in [3.05, 3.63) is 81.9 Å². The lowest BCUT2D eigenvalue weighted by molar-refractivity contribution is -0.136. The van der Waals surface area contributed by atoms with E-state index < -0.39 is 5.97 Å². The van der Waals surface area contributed by atoms with Gasteiger partial charge in [-0.25, -0.2) is 4.98 Å². The molecule has 1 N–H and O–H groups in total. The lowest BCUT2D eigenvalue weighted by atomic mass is 9.99. The summed E-state index contributed by atoms with van der Waals surface area (Å²) >= 11 is 6.13. The van der Waals surface area contributed by atoms with Crippen LogP contribution in [0.25, 0.3) is 11.3 Å². The lowest BCUT2D eigenvalue weighted by Crippen LogP contribution is -2.00. The highest BCUT2D eigenvalue weighted by Crippen LogP contribution is 2.29. The summed E-state index contributed by atoms with van der Waals surface area (Å²) in [5.41, 5.74) is 6.08. The van der Waals surface area contributed by atoms with Crippen LogP contribution in [-0.2, 0) is 17.8 Å². The first kappa shape index (κ1) is 19.9. The predicted molar refractivity (Wildman–Crippen MR) is 111 cm³/mol. The van der Waals surface area contributed by atoms with Gasteiger partial charge < -0.3 is 9.84 Å². The number of hydrogen-bond donors (Lipinski definition) is 1. The molecule has 0 atom stereocenters. The minimum Gasteiger partial charge on any atom is -0.481 e. The van der Waals surface area contributed by atoms with Gasteiger partial charge in [-0.1, -0.05) is 41.9 Å². The van der Waals surface area contributed by atoms with Gasteiger partial charge in [0.1, 0.15) is 6.61 Å². The quantitative estimate of drug-likeness (QED) is 0.564. The third-order valence-electron chi connectivity index (χ3n) is 4.51. The van der Waals surface area contributed by atoms with Gasteiger partial charge in [0, 0.05) is 23.1 Å². The molecule has 0 amide bonds. The molecule has 3 rings (SSSR count). The van der Waals surface area contributed by atoms with E-state index in [4.69, 9.17) is 21.4 Å². The van der Waals surface area contributed by atoms with E-state index in [1.165, 1.54) is 0 Å². The Labute approximate surface area is 169 Å². The highest BCUT2D eigenvalue weighted by Gasteiger charge is 2.10. The first-order valence-corrected chi connectivity index (χ1v) is 9.47. The molecule has 0 saturated heterocycles. The summed E-state index contributed by atoms with van der Waals surface area (Å²) in [7, 11) is 0. The van der Waals surface area contributed by atoms with Crippen LogP contribution in [0.15, 0.2) is 54.6 Å². The largest absolute Gasteiger partial charge is 0.481 e. The normalized spacial score (nSPS) is 10.7. The van der Waals surface area contributed by atoms with Crippen LogP contribution in [0, 0.1) is 13.8 Å². The summed E-state index contributed by atoms with van der Waals surface area (Å²) in [4.78, 5) is 15.3. The van der Waals surface area contributed by atoms with Gasteiger partial charge in [0.25, 0.3) is 0 Å². The number of benzene rings is 2. The Morgan fingerprint density at radius 3 is 2.32 bits per heavy atom. The third-order valence-corrected chi connectivity index (χ3v) is 4.73. The number of nitrogens with zero attached hydrogens (tertiary/aromatic N) is 1. The number of aryl methyl sites for hydroxylation is 3. The molecule has 4 nitrogen and oxygen atoms in total. The smallest absolute Gasteiger partial charge is 0.303 e. The highest BCUT2D eigenvalue weighted by atomic mass is 35.5. The van der Waals surface area contributed by atoms with Crippen LogP contribution in [0.1, 0.15) is 28.7 Å². The minimum absolute atomic E-state index is 0.135. The van der Waals surface area contributed by atoms with Crippen molar-refractivity contribution in [2.75, 3.05) is 0 Å². The molecule has 144 valence electrons. The molecule has 0 fully saturated rings. The van der Waals surface area contributed by atoms with E-state index in [9.17, 15) is 4.79 Å². The van der Waals surface area contributed by atoms with E-state index in [1.807, 2.05) is 68.4 Å². The van der Waals surface area contributed by atoms with Crippen molar-refractivity contribution in [3.63, 3.8) is 0 Å². The van der Waals surface area contributed by atoms with Crippen LogP contribution in [-0.4, -0.2) is 16.1 Å². The zero-order valence-electron chi connectivity index (χ0n) is 15.9. The van der Waals surface area contributed by atoms with Crippen LogP contribution >= 0.6 is 11.6 Å². The van der Waals surface area contributed by atoms with Gasteiger partial charge >= 0.3 is 5.97 Å². The molecule has 1 aromatic heterocycles. The van der Waals surface area contributed by atoms with Gasteiger partial charge in [-0.2, -0.15) is 0 Å². The maximum absolute atomic E-state index is 10.7. The van der Waals surface area contributed by atoms with Gasteiger partial charge in [-0.05, 0) is 60.7 Å². The fraction of sp³-hybridized carbons (Fsp3) is 0.217. The maximum Gasteiger partial charge on any atom is 0.303 e. The number of aliphatic carboxylic acids is 1. The van der Waals surface area contributed by atoms with Crippen molar-refractivity contribution in [3.8, 4) is 17.1 Å². The van der Waals surface area contributed by atoms with E-state index in [-0.39, 0.29) is 6.42 Å². The maximum atomic E-state index is 10.7. The second-order valence-electron chi connectivity index (χ2n) is 6.77. The van der Waals surface area contributed by atoms with E-state index in [2.05, 4.69) is 4.98 Å². The number of aromatic nitrogens is 1. The van der Waals surface area contributed by atoms with Gasteiger partial charge in [0.2, 0.25) is 5.88 Å². The van der Waals surface area contributed by atoms with Gasteiger partial charge in [-0.15, -0.1) is 0 Å². The second-order valence-corrected chi connectivity index (χ2v) is 7.21. The van der Waals surface area contributed by atoms with E-state index in [0.29, 0.717) is 18.9 Å². The summed E-state index contributed by atoms with van der Waals surface area (Å²) in [6.07, 6.45) is 0.663. The van der Waals surface area contributed by atoms with Gasteiger partial charge in [-0.3, -0.25) is 4.79 Å². The Balaban J connectivity index is 1.69. The summed E-state index contributed by atoms with van der Waals surface area (Å²) in [6.45, 7) is 4.44. The molecule has 0 spiro atoms. The van der Waals surface area contributed by atoms with Crippen molar-refractivity contribution in [1.29, 1.82) is 0 Å². The minimum atomic E-state index is -0.787. The Bertz CT molecular complexity index is 960. The molecule has 0 aliphatic carbocycles. The first-order valence-electron chi connectivity index (χ1n) is 9.09. The van der Waals surface area contributed by atoms with Crippen LogP contribution < -0.4 is 4.74 Å². The first-order chi connectivity index (χ1) is 13.4. The Hall–Kier alpha value is -2.85. The molecule has 0 bridgehead atoms. The molecule has 0 saturated carbocycles. The second kappa shape index (κ2) is 8.89. The lowest BCUT2D eigenvalue weighted by Gasteiger charge is -2.12. The average molecular weight is 396 g/mol. The molecule has 3 aromatic rings. The fourth-order valence-corrected chi connectivity index (χ4v) is 3.49. The van der Waals surface area contributed by atoms with Gasteiger partial charge in [0.15, 0.2) is 0 Å². The Morgan fingerprint density at radius 1 is 1.04 bits per heavy atom. The Morgan fingerprint density at radius 2 is 1.68 bits per heavy atom. The summed E-state index contributed by atoms with van der Waals surface area (Å²) in [5, 5.41) is 9.48. The number of ether oxygens (including phenoxy) is 1. The third kappa shape index (κ3) is 5.11. The van der Waals surface area contributed by atoms with Crippen molar-refractivity contribution >= 4 is 17.6 Å². The summed E-state index contributed by atoms with van der Waals surface area (Å²) in [5.74, 6) is -0.231. The molecule has 0 aliphatic rings. The number of rotatable bonds is 7. The average Bonchev–Trinajstić information content (AvgIpc) is 2.65. The number of pyridine rings is 1.